The van der Waals surface area contributed by atoms with E-state index in [1.807, 2.05) is 0 Å². The summed E-state index contributed by atoms with van der Waals surface area (Å²) in [6.07, 6.45) is 25.2. The van der Waals surface area contributed by atoms with Crippen LogP contribution in [0.15, 0.2) is 11.6 Å². The molecule has 4 aliphatic carbocycles. The van der Waals surface area contributed by atoms with E-state index in [0.29, 0.717) is 30.1 Å². The monoisotopic (exact) mass is 556 g/mol. The Bertz CT molecular complexity index is 878. The number of allylic oxidation sites excluding steroid dienone is 1. The maximum atomic E-state index is 12.6. The summed E-state index contributed by atoms with van der Waals surface area (Å²) in [5.41, 5.74) is 2.20. The van der Waals surface area contributed by atoms with Crippen molar-refractivity contribution in [2.45, 2.75) is 162 Å². The van der Waals surface area contributed by atoms with Gasteiger partial charge in [-0.1, -0.05) is 90.7 Å². The van der Waals surface area contributed by atoms with Gasteiger partial charge in [0.25, 0.3) is 0 Å². The maximum absolute atomic E-state index is 12.6. The molecule has 0 aromatic rings. The SMILES string of the molecule is CCCCCCCCCCCC(=O)O[C@H]1CCC2(C)C(=CC[C@H]3C2CCC2(C)C3CC[C@@H]2[C@H](C)CCC(=O)O)C1. The fraction of sp³-hybridized carbons (Fsp3) is 0.889. The second-order valence-corrected chi connectivity index (χ2v) is 14.8. The third-order valence-electron chi connectivity index (χ3n) is 12.4. The number of hydrogen-bond donors (Lipinski definition) is 1. The maximum Gasteiger partial charge on any atom is 0.306 e. The van der Waals surface area contributed by atoms with Crippen molar-refractivity contribution in [1.29, 1.82) is 0 Å². The fourth-order valence-corrected chi connectivity index (χ4v) is 10.1. The second kappa shape index (κ2) is 14.2. The standard InChI is InChI=1S/C36H60O4/c1-5-6-7-8-9-10-11-12-13-14-34(39)40-28-21-23-35(3)27(25-28)16-17-29-31-19-18-30(26(2)15-20-33(37)38)36(31,4)24-22-32(29)35/h16,26,28-32H,5-15,17-25H2,1-4H3,(H,37,38)/t26-,28+,29-,30-,31?,32?,35?,36?/m1/s1. The molecular formula is C36H60O4. The van der Waals surface area contributed by atoms with Gasteiger partial charge in [0, 0.05) is 19.3 Å². The first-order valence-corrected chi connectivity index (χ1v) is 17.3. The number of rotatable bonds is 15. The van der Waals surface area contributed by atoms with Crippen LogP contribution in [0.2, 0.25) is 0 Å². The van der Waals surface area contributed by atoms with E-state index >= 15 is 0 Å². The van der Waals surface area contributed by atoms with Gasteiger partial charge in [0.1, 0.15) is 6.10 Å². The van der Waals surface area contributed by atoms with Crippen LogP contribution in [-0.4, -0.2) is 23.1 Å². The first-order valence-electron chi connectivity index (χ1n) is 17.3. The molecule has 4 nitrogen and oxygen atoms in total. The zero-order valence-corrected chi connectivity index (χ0v) is 26.4. The van der Waals surface area contributed by atoms with Crippen LogP contribution in [0.1, 0.15) is 156 Å². The summed E-state index contributed by atoms with van der Waals surface area (Å²) in [6, 6.07) is 0. The molecule has 4 heteroatoms. The fourth-order valence-electron chi connectivity index (χ4n) is 10.1. The van der Waals surface area contributed by atoms with E-state index in [1.54, 1.807) is 5.57 Å². The first-order chi connectivity index (χ1) is 19.2. The molecule has 3 fully saturated rings. The molecule has 0 aromatic heterocycles. The molecule has 0 bridgehead atoms. The zero-order valence-electron chi connectivity index (χ0n) is 26.4. The molecule has 3 saturated carbocycles. The molecule has 8 atom stereocenters. The number of aliphatic carboxylic acids is 1. The Kier molecular flexibility index (Phi) is 11.2. The molecule has 0 aliphatic heterocycles. The minimum Gasteiger partial charge on any atom is -0.481 e. The van der Waals surface area contributed by atoms with E-state index in [-0.39, 0.29) is 17.5 Å². The molecule has 0 radical (unpaired) electrons. The lowest BCUT2D eigenvalue weighted by molar-refractivity contribution is -0.151. The highest BCUT2D eigenvalue weighted by Gasteiger charge is 2.59. The van der Waals surface area contributed by atoms with Gasteiger partial charge in [-0.2, -0.15) is 0 Å². The Labute approximate surface area is 245 Å². The predicted molar refractivity (Wildman–Crippen MR) is 163 cm³/mol. The normalized spacial score (nSPS) is 35.7. The average Bonchev–Trinajstić information content (AvgIpc) is 3.28. The lowest BCUT2D eigenvalue weighted by Crippen LogP contribution is -2.51. The second-order valence-electron chi connectivity index (χ2n) is 14.8. The first kappa shape index (κ1) is 31.6. The van der Waals surface area contributed by atoms with Crippen molar-refractivity contribution in [2.24, 2.45) is 40.4 Å². The summed E-state index contributed by atoms with van der Waals surface area (Å²) in [5, 5.41) is 9.22. The Morgan fingerprint density at radius 1 is 0.925 bits per heavy atom. The molecule has 228 valence electrons. The van der Waals surface area contributed by atoms with E-state index in [0.717, 1.165) is 56.3 Å². The molecule has 0 saturated heterocycles. The van der Waals surface area contributed by atoms with E-state index in [1.165, 1.54) is 77.0 Å². The largest absolute Gasteiger partial charge is 0.481 e. The van der Waals surface area contributed by atoms with E-state index < -0.39 is 5.97 Å². The lowest BCUT2D eigenvalue weighted by Gasteiger charge is -2.58. The highest BCUT2D eigenvalue weighted by atomic mass is 16.5. The lowest BCUT2D eigenvalue weighted by atomic mass is 9.47. The van der Waals surface area contributed by atoms with Crippen LogP contribution in [0.25, 0.3) is 0 Å². The Hall–Kier alpha value is -1.32. The van der Waals surface area contributed by atoms with Crippen molar-refractivity contribution >= 4 is 11.9 Å². The molecule has 0 amide bonds. The predicted octanol–water partition coefficient (Wildman–Crippen LogP) is 9.90. The van der Waals surface area contributed by atoms with Crippen molar-refractivity contribution in [3.8, 4) is 0 Å². The summed E-state index contributed by atoms with van der Waals surface area (Å²) in [6.45, 7) is 9.65. The van der Waals surface area contributed by atoms with Gasteiger partial charge in [-0.25, -0.2) is 0 Å². The van der Waals surface area contributed by atoms with Gasteiger partial charge in [0.05, 0.1) is 0 Å². The number of carbonyl (C=O) groups excluding carboxylic acids is 1. The van der Waals surface area contributed by atoms with E-state index in [9.17, 15) is 14.7 Å². The van der Waals surface area contributed by atoms with Crippen molar-refractivity contribution in [2.75, 3.05) is 0 Å². The highest BCUT2D eigenvalue weighted by Crippen LogP contribution is 2.67. The van der Waals surface area contributed by atoms with Gasteiger partial charge in [-0.05, 0) is 98.2 Å². The van der Waals surface area contributed by atoms with Crippen LogP contribution in [-0.2, 0) is 14.3 Å². The average molecular weight is 557 g/mol. The number of carboxylic acid groups (broad SMARTS) is 1. The van der Waals surface area contributed by atoms with Crippen LogP contribution in [0.3, 0.4) is 0 Å². The van der Waals surface area contributed by atoms with Gasteiger partial charge in [0.15, 0.2) is 0 Å². The van der Waals surface area contributed by atoms with Crippen molar-refractivity contribution in [1.82, 2.24) is 0 Å². The molecule has 4 unspecified atom stereocenters. The van der Waals surface area contributed by atoms with Crippen molar-refractivity contribution in [3.05, 3.63) is 11.6 Å². The quantitative estimate of drug-likeness (QED) is 0.124. The molecule has 4 rings (SSSR count). The molecule has 40 heavy (non-hydrogen) atoms. The van der Waals surface area contributed by atoms with Crippen molar-refractivity contribution in [3.63, 3.8) is 0 Å². The van der Waals surface area contributed by atoms with Crippen LogP contribution >= 0.6 is 0 Å². The van der Waals surface area contributed by atoms with Gasteiger partial charge >= 0.3 is 11.9 Å². The molecule has 0 aromatic carbocycles. The number of esters is 1. The summed E-state index contributed by atoms with van der Waals surface area (Å²) in [7, 11) is 0. The number of carbonyl (C=O) groups is 2. The summed E-state index contributed by atoms with van der Waals surface area (Å²) >= 11 is 0. The minimum atomic E-state index is -0.655. The Morgan fingerprint density at radius 2 is 1.62 bits per heavy atom. The van der Waals surface area contributed by atoms with Crippen LogP contribution in [0.4, 0.5) is 0 Å². The van der Waals surface area contributed by atoms with Crippen LogP contribution in [0.5, 0.6) is 0 Å². The number of hydrogen-bond acceptors (Lipinski definition) is 3. The molecule has 1 N–H and O–H groups in total. The molecule has 0 heterocycles. The summed E-state index contributed by atoms with van der Waals surface area (Å²) < 4.78 is 6.04. The van der Waals surface area contributed by atoms with Crippen molar-refractivity contribution < 1.29 is 19.4 Å². The Balaban J connectivity index is 1.24. The smallest absolute Gasteiger partial charge is 0.306 e. The molecular weight excluding hydrogens is 496 g/mol. The summed E-state index contributed by atoms with van der Waals surface area (Å²) in [5.74, 6) is 2.80. The number of unbranched alkanes of at least 4 members (excludes halogenated alkanes) is 8. The third-order valence-corrected chi connectivity index (χ3v) is 12.4. The number of ether oxygens (including phenoxy) is 1. The highest BCUT2D eigenvalue weighted by molar-refractivity contribution is 5.69. The topological polar surface area (TPSA) is 63.6 Å². The minimum absolute atomic E-state index is 0.0216. The van der Waals surface area contributed by atoms with Crippen LogP contribution in [0, 0.1) is 40.4 Å². The molecule has 0 spiro atoms. The zero-order chi connectivity index (χ0) is 28.8. The Morgan fingerprint density at radius 3 is 2.33 bits per heavy atom. The molecule has 4 aliphatic rings. The van der Waals surface area contributed by atoms with Gasteiger partial charge in [-0.3, -0.25) is 9.59 Å². The van der Waals surface area contributed by atoms with E-state index in [4.69, 9.17) is 4.74 Å². The van der Waals surface area contributed by atoms with Gasteiger partial charge in [-0.15, -0.1) is 0 Å². The van der Waals surface area contributed by atoms with Gasteiger partial charge < -0.3 is 9.84 Å². The third kappa shape index (κ3) is 7.17. The van der Waals surface area contributed by atoms with Gasteiger partial charge in [0.2, 0.25) is 0 Å². The number of fused-ring (bicyclic) bond motifs is 5. The van der Waals surface area contributed by atoms with E-state index in [2.05, 4.69) is 33.8 Å². The number of carboxylic acids is 1. The van der Waals surface area contributed by atoms with Crippen LogP contribution < -0.4 is 0 Å². The summed E-state index contributed by atoms with van der Waals surface area (Å²) in [4.78, 5) is 23.8.